The van der Waals surface area contributed by atoms with Crippen molar-refractivity contribution in [2.45, 2.75) is 97.8 Å². The Balaban J connectivity index is 5.04. The minimum Gasteiger partial charge on any atom is -0.507 e. The number of quaternary nitrogens is 1. The predicted octanol–water partition coefficient (Wildman–Crippen LogP) is 6.03. The molecule has 25 heavy (non-hydrogen) atoms. The molecule has 0 aliphatic rings. The highest BCUT2D eigenvalue weighted by Crippen LogP contribution is 2.20. The fourth-order valence-electron chi connectivity index (χ4n) is 3.31. The first-order valence-corrected chi connectivity index (χ1v) is 10.5. The van der Waals surface area contributed by atoms with E-state index in [9.17, 15) is 9.90 Å². The summed E-state index contributed by atoms with van der Waals surface area (Å²) in [7, 11) is 0. The number of carboxylic acid groups (broad SMARTS) is 1. The number of allylic oxidation sites excluding steroid dienone is 1. The SMILES string of the molecule is CCCCCC/C(O)=C/[N+](CCCCC)(CCCCC)CCC(=O)O. The second-order valence-electron chi connectivity index (χ2n) is 7.38. The molecule has 0 saturated carbocycles. The minimum absolute atomic E-state index is 0.165. The van der Waals surface area contributed by atoms with E-state index in [0.717, 1.165) is 64.5 Å². The van der Waals surface area contributed by atoms with Crippen LogP contribution in [0.5, 0.6) is 0 Å². The summed E-state index contributed by atoms with van der Waals surface area (Å²) < 4.78 is 0.631. The Morgan fingerprint density at radius 3 is 1.72 bits per heavy atom. The number of rotatable bonds is 17. The summed E-state index contributed by atoms with van der Waals surface area (Å²) in [6.45, 7) is 9.01. The maximum absolute atomic E-state index is 11.1. The standard InChI is InChI=1S/C21H41NO3/c1-4-7-10-11-14-20(23)19-22(16-12-8-5-2,17-13-9-6-3)18-15-21(24)25/h19H,4-18H2,1-3H3,(H-,23,24,25)/p+1/b20-19-. The zero-order valence-corrected chi connectivity index (χ0v) is 16.9. The van der Waals surface area contributed by atoms with Crippen LogP contribution < -0.4 is 0 Å². The number of aliphatic hydroxyl groups excluding tert-OH is 1. The topological polar surface area (TPSA) is 57.5 Å². The first kappa shape index (κ1) is 24.0. The summed E-state index contributed by atoms with van der Waals surface area (Å²) in [5.41, 5.74) is 0. The van der Waals surface area contributed by atoms with E-state index < -0.39 is 5.97 Å². The lowest BCUT2D eigenvalue weighted by molar-refractivity contribution is -0.880. The van der Waals surface area contributed by atoms with Crippen molar-refractivity contribution in [1.82, 2.24) is 0 Å². The maximum Gasteiger partial charge on any atom is 0.309 e. The lowest BCUT2D eigenvalue weighted by atomic mass is 10.1. The van der Waals surface area contributed by atoms with E-state index in [2.05, 4.69) is 20.8 Å². The van der Waals surface area contributed by atoms with Gasteiger partial charge in [0, 0.05) is 6.42 Å². The second kappa shape index (κ2) is 15.2. The summed E-state index contributed by atoms with van der Waals surface area (Å²) in [4.78, 5) is 11.1. The van der Waals surface area contributed by atoms with Gasteiger partial charge in [-0.3, -0.25) is 9.28 Å². The van der Waals surface area contributed by atoms with Gasteiger partial charge in [0.2, 0.25) is 0 Å². The van der Waals surface area contributed by atoms with Crippen LogP contribution in [0.15, 0.2) is 12.0 Å². The summed E-state index contributed by atoms with van der Waals surface area (Å²) in [5, 5.41) is 19.6. The van der Waals surface area contributed by atoms with Crippen molar-refractivity contribution in [3.8, 4) is 0 Å². The molecular formula is C21H42NO3+. The Bertz CT molecular complexity index is 356. The van der Waals surface area contributed by atoms with Crippen molar-refractivity contribution in [3.05, 3.63) is 12.0 Å². The van der Waals surface area contributed by atoms with Crippen molar-refractivity contribution in [2.75, 3.05) is 19.6 Å². The Hall–Kier alpha value is -1.03. The first-order chi connectivity index (χ1) is 12.0. The van der Waals surface area contributed by atoms with Gasteiger partial charge in [0.1, 0.15) is 12.0 Å². The Kier molecular flexibility index (Phi) is 14.6. The Morgan fingerprint density at radius 1 is 0.720 bits per heavy atom. The molecule has 0 unspecified atom stereocenters. The molecule has 0 heterocycles. The molecule has 0 aliphatic carbocycles. The molecule has 0 aromatic rings. The van der Waals surface area contributed by atoms with Crippen molar-refractivity contribution < 1.29 is 19.5 Å². The zero-order valence-electron chi connectivity index (χ0n) is 16.9. The van der Waals surface area contributed by atoms with E-state index in [1.54, 1.807) is 0 Å². The number of nitrogens with zero attached hydrogens (tertiary/aromatic N) is 1. The summed E-state index contributed by atoms with van der Waals surface area (Å²) in [6, 6.07) is 0. The summed E-state index contributed by atoms with van der Waals surface area (Å²) >= 11 is 0. The van der Waals surface area contributed by atoms with Crippen molar-refractivity contribution in [3.63, 3.8) is 0 Å². The fourth-order valence-corrected chi connectivity index (χ4v) is 3.31. The third kappa shape index (κ3) is 12.9. The smallest absolute Gasteiger partial charge is 0.309 e. The van der Waals surface area contributed by atoms with Crippen LogP contribution in [0.4, 0.5) is 0 Å². The van der Waals surface area contributed by atoms with Gasteiger partial charge < -0.3 is 10.2 Å². The number of hydrogen-bond donors (Lipinski definition) is 2. The molecule has 0 aliphatic heterocycles. The van der Waals surface area contributed by atoms with Crippen LogP contribution in [-0.4, -0.2) is 40.3 Å². The maximum atomic E-state index is 11.1. The third-order valence-corrected chi connectivity index (χ3v) is 4.89. The van der Waals surface area contributed by atoms with Crippen LogP contribution in [0.2, 0.25) is 0 Å². The summed E-state index contributed by atoms with van der Waals surface area (Å²) in [5.74, 6) is -0.293. The van der Waals surface area contributed by atoms with Gasteiger partial charge in [0.15, 0.2) is 0 Å². The van der Waals surface area contributed by atoms with Crippen LogP contribution in [-0.2, 0) is 4.79 Å². The monoisotopic (exact) mass is 356 g/mol. The molecule has 148 valence electrons. The molecule has 0 radical (unpaired) electrons. The van der Waals surface area contributed by atoms with Crippen molar-refractivity contribution >= 4 is 5.97 Å². The molecule has 0 aromatic carbocycles. The minimum atomic E-state index is -0.746. The third-order valence-electron chi connectivity index (χ3n) is 4.89. The fraction of sp³-hybridized carbons (Fsp3) is 0.857. The molecule has 0 aromatic heterocycles. The van der Waals surface area contributed by atoms with E-state index in [4.69, 9.17) is 5.11 Å². The number of carboxylic acids is 1. The zero-order chi connectivity index (χ0) is 19.0. The van der Waals surface area contributed by atoms with Gasteiger partial charge >= 0.3 is 5.97 Å². The normalized spacial score (nSPS) is 12.5. The Morgan fingerprint density at radius 2 is 1.24 bits per heavy atom. The van der Waals surface area contributed by atoms with Gasteiger partial charge in [-0.1, -0.05) is 52.9 Å². The van der Waals surface area contributed by atoms with Gasteiger partial charge in [0.25, 0.3) is 0 Å². The molecule has 0 amide bonds. The average Bonchev–Trinajstić information content (AvgIpc) is 2.57. The van der Waals surface area contributed by atoms with Crippen molar-refractivity contribution in [1.29, 1.82) is 0 Å². The van der Waals surface area contributed by atoms with Gasteiger partial charge in [-0.15, -0.1) is 0 Å². The van der Waals surface area contributed by atoms with Crippen LogP contribution in [0, 0.1) is 0 Å². The Labute approximate surface area is 155 Å². The molecular weight excluding hydrogens is 314 g/mol. The predicted molar refractivity (Wildman–Crippen MR) is 106 cm³/mol. The average molecular weight is 357 g/mol. The first-order valence-electron chi connectivity index (χ1n) is 10.5. The van der Waals surface area contributed by atoms with E-state index in [0.29, 0.717) is 23.2 Å². The van der Waals surface area contributed by atoms with Gasteiger partial charge in [-0.05, 0) is 32.1 Å². The molecule has 2 N–H and O–H groups in total. The van der Waals surface area contributed by atoms with Crippen LogP contribution in [0.25, 0.3) is 0 Å². The summed E-state index contributed by atoms with van der Waals surface area (Å²) in [6.07, 6.45) is 14.2. The largest absolute Gasteiger partial charge is 0.507 e. The van der Waals surface area contributed by atoms with Crippen molar-refractivity contribution in [2.24, 2.45) is 0 Å². The number of aliphatic hydroxyl groups is 1. The molecule has 0 bridgehead atoms. The lowest BCUT2D eigenvalue weighted by Gasteiger charge is -2.35. The lowest BCUT2D eigenvalue weighted by Crippen LogP contribution is -2.46. The van der Waals surface area contributed by atoms with Gasteiger partial charge in [-0.25, -0.2) is 0 Å². The molecule has 0 saturated heterocycles. The van der Waals surface area contributed by atoms with E-state index >= 15 is 0 Å². The molecule has 4 heteroatoms. The molecule has 0 atom stereocenters. The highest BCUT2D eigenvalue weighted by molar-refractivity contribution is 5.66. The van der Waals surface area contributed by atoms with Crippen LogP contribution in [0.3, 0.4) is 0 Å². The number of unbranched alkanes of at least 4 members (excludes halogenated alkanes) is 7. The highest BCUT2D eigenvalue weighted by Gasteiger charge is 2.26. The molecule has 0 spiro atoms. The molecule has 0 rings (SSSR count). The van der Waals surface area contributed by atoms with Gasteiger partial charge in [-0.2, -0.15) is 0 Å². The number of aliphatic carboxylic acids is 1. The van der Waals surface area contributed by atoms with Crippen LogP contribution in [0.1, 0.15) is 97.8 Å². The number of hydrogen-bond acceptors (Lipinski definition) is 2. The van der Waals surface area contributed by atoms with E-state index in [1.807, 2.05) is 6.20 Å². The quantitative estimate of drug-likeness (QED) is 0.190. The molecule has 0 fully saturated rings. The van der Waals surface area contributed by atoms with Gasteiger partial charge in [0.05, 0.1) is 26.1 Å². The van der Waals surface area contributed by atoms with Crippen LogP contribution >= 0.6 is 0 Å². The number of carbonyl (C=O) groups is 1. The molecule has 4 nitrogen and oxygen atoms in total. The highest BCUT2D eigenvalue weighted by atomic mass is 16.4. The van der Waals surface area contributed by atoms with E-state index in [1.165, 1.54) is 12.8 Å². The van der Waals surface area contributed by atoms with E-state index in [-0.39, 0.29) is 6.42 Å². The second-order valence-corrected chi connectivity index (χ2v) is 7.38.